The zero-order valence-electron chi connectivity index (χ0n) is 13.1. The summed E-state index contributed by atoms with van der Waals surface area (Å²) in [6.07, 6.45) is 3.25. The number of β-amino-alcohol motifs (C(OH)–C–C–N with tert-alkyl or cyclic N) is 1. The number of aromatic nitrogens is 1. The third-order valence-corrected chi connectivity index (χ3v) is 3.73. The van der Waals surface area contributed by atoms with Crippen LogP contribution in [0.25, 0.3) is 0 Å². The Kier molecular flexibility index (Phi) is 5.00. The van der Waals surface area contributed by atoms with Gasteiger partial charge >= 0.3 is 0 Å². The van der Waals surface area contributed by atoms with Crippen LogP contribution in [0.4, 0.5) is 0 Å². The molecule has 0 radical (unpaired) electrons. The minimum atomic E-state index is -0.840. The van der Waals surface area contributed by atoms with Gasteiger partial charge in [-0.15, -0.1) is 0 Å². The molecule has 1 fully saturated rings. The summed E-state index contributed by atoms with van der Waals surface area (Å²) < 4.78 is 5.17. The van der Waals surface area contributed by atoms with E-state index in [1.54, 1.807) is 11.0 Å². The number of carbonyl (C=O) groups excluding carboxylic acids is 1. The number of likely N-dealkylation sites (N-methyl/N-ethyl adjacent to an activating group) is 1. The summed E-state index contributed by atoms with van der Waals surface area (Å²) >= 11 is 0. The van der Waals surface area contributed by atoms with E-state index in [2.05, 4.69) is 12.1 Å². The molecule has 1 saturated heterocycles. The Hall–Kier alpha value is -1.40. The SMILES string of the molecule is CCCc1cc(C(=O)N2CCC[C@](O)(CN(C)C)C2)no1. The van der Waals surface area contributed by atoms with Crippen LogP contribution < -0.4 is 0 Å². The van der Waals surface area contributed by atoms with Crippen LogP contribution in [0, 0.1) is 0 Å². The van der Waals surface area contributed by atoms with Crippen LogP contribution in [0.2, 0.25) is 0 Å². The molecule has 0 saturated carbocycles. The van der Waals surface area contributed by atoms with Crippen LogP contribution in [-0.4, -0.2) is 65.3 Å². The molecule has 21 heavy (non-hydrogen) atoms. The molecule has 1 aliphatic heterocycles. The summed E-state index contributed by atoms with van der Waals surface area (Å²) in [5.74, 6) is 0.583. The van der Waals surface area contributed by atoms with Crippen LogP contribution in [0.5, 0.6) is 0 Å². The lowest BCUT2D eigenvalue weighted by molar-refractivity contribution is -0.0393. The minimum Gasteiger partial charge on any atom is -0.387 e. The largest absolute Gasteiger partial charge is 0.387 e. The summed E-state index contributed by atoms with van der Waals surface area (Å²) in [6.45, 7) is 3.61. The van der Waals surface area contributed by atoms with Crippen molar-refractivity contribution >= 4 is 5.91 Å². The fourth-order valence-electron chi connectivity index (χ4n) is 2.94. The molecular weight excluding hydrogens is 270 g/mol. The number of hydrogen-bond acceptors (Lipinski definition) is 5. The van der Waals surface area contributed by atoms with Crippen LogP contribution in [0.15, 0.2) is 10.6 Å². The average molecular weight is 295 g/mol. The number of aliphatic hydroxyl groups is 1. The van der Waals surface area contributed by atoms with Gasteiger partial charge in [-0.3, -0.25) is 4.79 Å². The highest BCUT2D eigenvalue weighted by Gasteiger charge is 2.36. The maximum Gasteiger partial charge on any atom is 0.276 e. The van der Waals surface area contributed by atoms with Crippen molar-refractivity contribution in [3.05, 3.63) is 17.5 Å². The second-order valence-electron chi connectivity index (χ2n) is 6.22. The number of carbonyl (C=O) groups is 1. The molecule has 0 spiro atoms. The Morgan fingerprint density at radius 2 is 2.33 bits per heavy atom. The maximum atomic E-state index is 12.5. The molecule has 2 rings (SSSR count). The van der Waals surface area contributed by atoms with Crippen molar-refractivity contribution in [3.8, 4) is 0 Å². The zero-order valence-corrected chi connectivity index (χ0v) is 13.1. The molecular formula is C15H25N3O3. The third kappa shape index (κ3) is 4.04. The van der Waals surface area contributed by atoms with Crippen molar-refractivity contribution in [2.45, 2.75) is 38.2 Å². The number of piperidine rings is 1. The topological polar surface area (TPSA) is 69.8 Å². The van der Waals surface area contributed by atoms with Crippen molar-refractivity contribution in [1.82, 2.24) is 15.0 Å². The number of nitrogens with zero attached hydrogens (tertiary/aromatic N) is 3. The number of aryl methyl sites for hydroxylation is 1. The molecule has 1 aromatic rings. The Morgan fingerprint density at radius 1 is 1.57 bits per heavy atom. The quantitative estimate of drug-likeness (QED) is 0.882. The van der Waals surface area contributed by atoms with Crippen LogP contribution in [0.1, 0.15) is 42.4 Å². The first-order valence-corrected chi connectivity index (χ1v) is 7.55. The first-order chi connectivity index (χ1) is 9.93. The number of hydrogen-bond donors (Lipinski definition) is 1. The van der Waals surface area contributed by atoms with Gasteiger partial charge in [-0.05, 0) is 33.4 Å². The van der Waals surface area contributed by atoms with E-state index in [0.717, 1.165) is 31.4 Å². The Bertz CT molecular complexity index is 486. The predicted molar refractivity (Wildman–Crippen MR) is 79.1 cm³/mol. The summed E-state index contributed by atoms with van der Waals surface area (Å²) in [6, 6.07) is 1.71. The van der Waals surface area contributed by atoms with Gasteiger partial charge in [0.1, 0.15) is 5.76 Å². The fraction of sp³-hybridized carbons (Fsp3) is 0.733. The van der Waals surface area contributed by atoms with Gasteiger partial charge in [0.25, 0.3) is 5.91 Å². The summed E-state index contributed by atoms with van der Waals surface area (Å²) in [5.41, 5.74) is -0.500. The van der Waals surface area contributed by atoms with E-state index < -0.39 is 5.60 Å². The van der Waals surface area contributed by atoms with E-state index in [4.69, 9.17) is 4.52 Å². The van der Waals surface area contributed by atoms with Gasteiger partial charge in [0.2, 0.25) is 0 Å². The van der Waals surface area contributed by atoms with E-state index in [9.17, 15) is 9.90 Å². The fourth-order valence-corrected chi connectivity index (χ4v) is 2.94. The average Bonchev–Trinajstić information content (AvgIpc) is 2.85. The van der Waals surface area contributed by atoms with E-state index in [1.807, 2.05) is 19.0 Å². The van der Waals surface area contributed by atoms with Gasteiger partial charge in [0.05, 0.1) is 12.1 Å². The molecule has 0 aromatic carbocycles. The monoisotopic (exact) mass is 295 g/mol. The van der Waals surface area contributed by atoms with Gasteiger partial charge in [0.15, 0.2) is 5.69 Å². The molecule has 0 bridgehead atoms. The lowest BCUT2D eigenvalue weighted by atomic mass is 9.92. The molecule has 6 nitrogen and oxygen atoms in total. The van der Waals surface area contributed by atoms with Crippen molar-refractivity contribution in [2.75, 3.05) is 33.7 Å². The molecule has 1 N–H and O–H groups in total. The Labute approximate surface area is 125 Å². The molecule has 0 unspecified atom stereocenters. The van der Waals surface area contributed by atoms with Gasteiger partial charge in [-0.2, -0.15) is 0 Å². The van der Waals surface area contributed by atoms with Crippen molar-refractivity contribution in [1.29, 1.82) is 0 Å². The molecule has 6 heteroatoms. The van der Waals surface area contributed by atoms with Crippen LogP contribution >= 0.6 is 0 Å². The normalized spacial score (nSPS) is 22.8. The van der Waals surface area contributed by atoms with E-state index in [1.165, 1.54) is 0 Å². The molecule has 118 valence electrons. The van der Waals surface area contributed by atoms with Gasteiger partial charge < -0.3 is 19.4 Å². The lowest BCUT2D eigenvalue weighted by Gasteiger charge is -2.40. The highest BCUT2D eigenvalue weighted by atomic mass is 16.5. The van der Waals surface area contributed by atoms with E-state index in [0.29, 0.717) is 25.3 Å². The van der Waals surface area contributed by atoms with Crippen molar-refractivity contribution < 1.29 is 14.4 Å². The first-order valence-electron chi connectivity index (χ1n) is 7.55. The second kappa shape index (κ2) is 6.58. The highest BCUT2D eigenvalue weighted by molar-refractivity contribution is 5.92. The lowest BCUT2D eigenvalue weighted by Crippen LogP contribution is -2.54. The first kappa shape index (κ1) is 16.0. The Morgan fingerprint density at radius 3 is 3.00 bits per heavy atom. The summed E-state index contributed by atoms with van der Waals surface area (Å²) in [5, 5.41) is 14.5. The molecule has 1 aliphatic rings. The van der Waals surface area contributed by atoms with Gasteiger partial charge in [-0.1, -0.05) is 12.1 Å². The molecule has 1 atom stereocenters. The number of amides is 1. The molecule has 2 heterocycles. The molecule has 1 amide bonds. The number of rotatable bonds is 5. The van der Waals surface area contributed by atoms with Gasteiger partial charge in [0, 0.05) is 25.6 Å². The minimum absolute atomic E-state index is 0.155. The van der Waals surface area contributed by atoms with E-state index >= 15 is 0 Å². The maximum absolute atomic E-state index is 12.5. The second-order valence-corrected chi connectivity index (χ2v) is 6.22. The number of likely N-dealkylation sites (tertiary alicyclic amines) is 1. The smallest absolute Gasteiger partial charge is 0.276 e. The zero-order chi connectivity index (χ0) is 15.5. The van der Waals surface area contributed by atoms with Crippen LogP contribution in [0.3, 0.4) is 0 Å². The van der Waals surface area contributed by atoms with Gasteiger partial charge in [-0.25, -0.2) is 0 Å². The van der Waals surface area contributed by atoms with Crippen LogP contribution in [-0.2, 0) is 6.42 Å². The summed E-state index contributed by atoms with van der Waals surface area (Å²) in [7, 11) is 3.85. The predicted octanol–water partition coefficient (Wildman–Crippen LogP) is 1.16. The van der Waals surface area contributed by atoms with Crippen molar-refractivity contribution in [3.63, 3.8) is 0 Å². The standard InChI is InChI=1S/C15H25N3O3/c1-4-6-12-9-13(16-21-12)14(19)18-8-5-7-15(20,11-18)10-17(2)3/h9,20H,4-8,10-11H2,1-3H3/t15-/m0/s1. The third-order valence-electron chi connectivity index (χ3n) is 3.73. The Balaban J connectivity index is 2.04. The van der Waals surface area contributed by atoms with E-state index in [-0.39, 0.29) is 5.91 Å². The molecule has 1 aromatic heterocycles. The molecule has 0 aliphatic carbocycles. The highest BCUT2D eigenvalue weighted by Crippen LogP contribution is 2.23. The summed E-state index contributed by atoms with van der Waals surface area (Å²) in [4.78, 5) is 16.1. The van der Waals surface area contributed by atoms with Crippen molar-refractivity contribution in [2.24, 2.45) is 0 Å².